The first-order chi connectivity index (χ1) is 30.2. The highest BCUT2D eigenvalue weighted by Crippen LogP contribution is 2.57. The predicted octanol–water partition coefficient (Wildman–Crippen LogP) is 8.23. The molecule has 5 atom stereocenters. The molecule has 63 heavy (non-hydrogen) atoms. The summed E-state index contributed by atoms with van der Waals surface area (Å²) < 4.78 is 81.6. The van der Waals surface area contributed by atoms with Gasteiger partial charge in [0.2, 0.25) is 27.4 Å². The molecule has 0 unspecified atom stereocenters. The number of nitriles is 1. The van der Waals surface area contributed by atoms with Gasteiger partial charge >= 0.3 is 6.18 Å². The van der Waals surface area contributed by atoms with Crippen LogP contribution in [0.25, 0.3) is 33.5 Å². The normalized spacial score (nSPS) is 25.1. The second-order valence-corrected chi connectivity index (χ2v) is 19.2. The molecule has 3 fully saturated rings. The Morgan fingerprint density at radius 2 is 1.75 bits per heavy atom. The molecule has 4 heterocycles. The smallest absolute Gasteiger partial charge is 0.416 e. The number of hydrogen-bond donors (Lipinski definition) is 1. The van der Waals surface area contributed by atoms with Crippen LogP contribution in [0.3, 0.4) is 0 Å². The third-order valence-electron chi connectivity index (χ3n) is 12.8. The Morgan fingerprint density at radius 1 is 0.984 bits per heavy atom. The molecule has 0 spiro atoms. The Morgan fingerprint density at radius 3 is 2.48 bits per heavy atom. The predicted molar refractivity (Wildman–Crippen MR) is 225 cm³/mol. The third kappa shape index (κ3) is 8.67. The average molecular weight is 880 g/mol. The minimum absolute atomic E-state index is 0.00801. The van der Waals surface area contributed by atoms with Gasteiger partial charge in [-0.05, 0) is 92.8 Å². The number of rotatable bonds is 8. The fourth-order valence-electron chi connectivity index (χ4n) is 9.06. The number of carbonyl (C=O) groups is 3. The molecule has 0 bridgehead atoms. The summed E-state index contributed by atoms with van der Waals surface area (Å²) in [5, 5.41) is 9.36. The quantitative estimate of drug-likeness (QED) is 0.150. The summed E-state index contributed by atoms with van der Waals surface area (Å²) >= 11 is 0. The fourth-order valence-corrected chi connectivity index (χ4v) is 10.4. The number of carbonyl (C=O) groups excluding carboxylic acids is 3. The molecule has 9 rings (SSSR count). The number of para-hydroxylation sites is 1. The second kappa shape index (κ2) is 16.6. The zero-order chi connectivity index (χ0) is 44.1. The number of allylic oxidation sites excluding steroid dienone is 2. The topological polar surface area (TPSA) is 173 Å². The van der Waals surface area contributed by atoms with Gasteiger partial charge in [0.15, 0.2) is 11.6 Å². The summed E-state index contributed by atoms with van der Waals surface area (Å²) in [6.45, 7) is -0.0426. The van der Waals surface area contributed by atoms with Gasteiger partial charge in [-0.2, -0.15) is 23.4 Å². The molecule has 1 saturated heterocycles. The summed E-state index contributed by atoms with van der Waals surface area (Å²) in [6, 6.07) is 19.6. The highest BCUT2D eigenvalue weighted by atomic mass is 32.2. The standard InChI is InChI=1S/C47H44F3N5O7S/c48-47(49,50)32-18-16-30(17-19-32)42-52-40-36-10-6-7-11-39(36)62-41(40)43(53-42)61-34-23-37-38(56)25-46(45(58)54-63(59,60)35-20-21-35)24-33(46)9-5-3-1-2-4-8-31(44(57)55(37)27-34)22-28-12-14-29(26-51)15-13-28/h5-7,9-19,31,33-35,37H,1-4,8,20-25,27H2,(H,54,58)/b9-5-/t31-,33+,34-,37+,46-/m1/s1. The number of fused-ring (bicyclic) bond motifs is 5. The number of sulfonamides is 1. The maximum absolute atomic E-state index is 14.9. The molecule has 326 valence electrons. The van der Waals surface area contributed by atoms with Crippen LogP contribution in [0.4, 0.5) is 13.2 Å². The molecular formula is C47H44F3N5O7S. The van der Waals surface area contributed by atoms with E-state index >= 15 is 0 Å². The number of ether oxygens (including phenoxy) is 1. The third-order valence-corrected chi connectivity index (χ3v) is 14.7. The van der Waals surface area contributed by atoms with Gasteiger partial charge < -0.3 is 14.1 Å². The number of alkyl halides is 3. The number of ketones is 1. The molecule has 2 aromatic heterocycles. The van der Waals surface area contributed by atoms with Crippen molar-refractivity contribution in [3.8, 4) is 23.3 Å². The van der Waals surface area contributed by atoms with E-state index in [2.05, 4.69) is 15.8 Å². The number of furan rings is 1. The molecule has 0 radical (unpaired) electrons. The van der Waals surface area contributed by atoms with E-state index in [1.807, 2.05) is 24.3 Å². The Bertz CT molecular complexity index is 2780. The highest BCUT2D eigenvalue weighted by molar-refractivity contribution is 7.90. The summed E-state index contributed by atoms with van der Waals surface area (Å²) in [4.78, 5) is 54.5. The molecule has 12 nitrogen and oxygen atoms in total. The lowest BCUT2D eigenvalue weighted by atomic mass is 9.90. The molecule has 2 aliphatic heterocycles. The first kappa shape index (κ1) is 42.2. The lowest BCUT2D eigenvalue weighted by molar-refractivity contribution is -0.142. The Hall–Kier alpha value is -6.08. The summed E-state index contributed by atoms with van der Waals surface area (Å²) in [6.07, 6.45) is 3.43. The van der Waals surface area contributed by atoms with Crippen molar-refractivity contribution in [3.63, 3.8) is 0 Å². The van der Waals surface area contributed by atoms with Crippen LogP contribution in [0.1, 0.15) is 80.9 Å². The summed E-state index contributed by atoms with van der Waals surface area (Å²) in [7, 11) is -3.91. The molecule has 4 aliphatic rings. The molecule has 16 heteroatoms. The maximum Gasteiger partial charge on any atom is 0.416 e. The zero-order valence-electron chi connectivity index (χ0n) is 34.1. The van der Waals surface area contributed by atoms with E-state index in [1.54, 1.807) is 36.4 Å². The van der Waals surface area contributed by atoms with Crippen molar-refractivity contribution in [1.29, 1.82) is 5.26 Å². The molecule has 2 aliphatic carbocycles. The van der Waals surface area contributed by atoms with Gasteiger partial charge in [-0.3, -0.25) is 19.1 Å². The SMILES string of the molecule is N#Cc1ccc(C[C@H]2CCCCC/C=C\[C@H]3C[C@@]3(C(=O)NS(=O)(=O)C3CC3)CC(=O)[C@@H]3C[C@@H](Oc4nc(-c5ccc(C(F)(F)F)cc5)nc5c4oc4ccccc45)CN3C2=O)cc1. The number of nitrogens with zero attached hydrogens (tertiary/aromatic N) is 4. The van der Waals surface area contributed by atoms with E-state index in [1.165, 1.54) is 17.0 Å². The Kier molecular flexibility index (Phi) is 11.1. The van der Waals surface area contributed by atoms with E-state index in [0.29, 0.717) is 47.7 Å². The summed E-state index contributed by atoms with van der Waals surface area (Å²) in [5.74, 6) is -2.26. The maximum atomic E-state index is 14.9. The van der Waals surface area contributed by atoms with Gasteiger partial charge in [-0.25, -0.2) is 13.4 Å². The molecule has 1 N–H and O–H groups in total. The van der Waals surface area contributed by atoms with Crippen LogP contribution >= 0.6 is 0 Å². The van der Waals surface area contributed by atoms with Gasteiger partial charge in [0, 0.05) is 29.7 Å². The van der Waals surface area contributed by atoms with Gasteiger partial charge in [0.05, 0.1) is 40.4 Å². The van der Waals surface area contributed by atoms with Gasteiger partial charge in [-0.15, -0.1) is 0 Å². The number of nitrogens with one attached hydrogen (secondary N) is 1. The van der Waals surface area contributed by atoms with E-state index in [0.717, 1.165) is 43.4 Å². The van der Waals surface area contributed by atoms with Gasteiger partial charge in [0.1, 0.15) is 17.2 Å². The zero-order valence-corrected chi connectivity index (χ0v) is 35.0. The second-order valence-electron chi connectivity index (χ2n) is 17.2. The van der Waals surface area contributed by atoms with Crippen molar-refractivity contribution >= 4 is 49.7 Å². The van der Waals surface area contributed by atoms with Crippen molar-refractivity contribution in [1.82, 2.24) is 19.6 Å². The fraction of sp³-hybridized carbons (Fsp3) is 0.404. The van der Waals surface area contributed by atoms with Crippen molar-refractivity contribution in [2.75, 3.05) is 6.54 Å². The van der Waals surface area contributed by atoms with Crippen LogP contribution in [0, 0.1) is 28.6 Å². The number of aromatic nitrogens is 2. The molecule has 5 aromatic rings. The van der Waals surface area contributed by atoms with Crippen LogP contribution in [0.5, 0.6) is 5.88 Å². The van der Waals surface area contributed by atoms with E-state index in [9.17, 15) is 41.2 Å². The van der Waals surface area contributed by atoms with Crippen LogP contribution in [-0.4, -0.2) is 64.8 Å². The summed E-state index contributed by atoms with van der Waals surface area (Å²) in [5.41, 5.74) is 0.465. The number of Topliss-reactive ketones (excluding diaryl/α,β-unsaturated/α-hetero) is 1. The minimum Gasteiger partial charge on any atom is -0.470 e. The van der Waals surface area contributed by atoms with Crippen molar-refractivity contribution in [2.45, 2.75) is 94.2 Å². The first-order valence-electron chi connectivity index (χ1n) is 21.3. The molecule has 2 amide bonds. The number of benzene rings is 3. The van der Waals surface area contributed by atoms with Crippen LogP contribution in [0.15, 0.2) is 89.4 Å². The largest absolute Gasteiger partial charge is 0.470 e. The van der Waals surface area contributed by atoms with Crippen LogP contribution in [-0.2, 0) is 37.0 Å². The number of halogens is 3. The van der Waals surface area contributed by atoms with Crippen molar-refractivity contribution < 1.29 is 45.1 Å². The first-order valence-corrected chi connectivity index (χ1v) is 22.9. The monoisotopic (exact) mass is 879 g/mol. The Labute approximate surface area is 361 Å². The average Bonchev–Trinajstić information content (AvgIpc) is 4.17. The lowest BCUT2D eigenvalue weighted by Gasteiger charge is -2.29. The highest BCUT2D eigenvalue weighted by Gasteiger charge is 2.61. The van der Waals surface area contributed by atoms with Crippen molar-refractivity contribution in [3.05, 3.63) is 102 Å². The van der Waals surface area contributed by atoms with Crippen LogP contribution < -0.4 is 9.46 Å². The molecular weight excluding hydrogens is 836 g/mol. The van der Waals surface area contributed by atoms with Gasteiger partial charge in [0.25, 0.3) is 5.88 Å². The lowest BCUT2D eigenvalue weighted by Crippen LogP contribution is -2.46. The Balaban J connectivity index is 1.07. The minimum atomic E-state index is -4.55. The van der Waals surface area contributed by atoms with E-state index in [4.69, 9.17) is 14.1 Å². The van der Waals surface area contributed by atoms with E-state index in [-0.39, 0.29) is 60.5 Å². The molecule has 3 aromatic carbocycles. The van der Waals surface area contributed by atoms with Crippen molar-refractivity contribution in [2.24, 2.45) is 17.3 Å². The van der Waals surface area contributed by atoms with Gasteiger partial charge in [-0.1, -0.05) is 61.4 Å². The molecule has 2 saturated carbocycles. The number of amides is 2. The number of hydrogen-bond acceptors (Lipinski definition) is 10. The van der Waals surface area contributed by atoms with E-state index < -0.39 is 62.2 Å². The van der Waals surface area contributed by atoms with Crippen LogP contribution in [0.2, 0.25) is 0 Å².